The molecule has 0 saturated heterocycles. The molecule has 0 aliphatic rings. The van der Waals surface area contributed by atoms with E-state index in [4.69, 9.17) is 9.47 Å². The minimum Gasteiger partial charge on any atom is -0.493 e. The number of ether oxygens (including phenoxy) is 2. The molecule has 1 N–H and O–H groups in total. The van der Waals surface area contributed by atoms with Crippen molar-refractivity contribution in [3.63, 3.8) is 0 Å². The molecule has 0 bridgehead atoms. The maximum atomic E-state index is 12.1. The Labute approximate surface area is 174 Å². The average molecular weight is 419 g/mol. The summed E-state index contributed by atoms with van der Waals surface area (Å²) >= 11 is 1.44. The number of amides is 2. The number of benzene rings is 1. The van der Waals surface area contributed by atoms with Crippen LogP contribution >= 0.6 is 11.3 Å². The molecule has 2 rings (SSSR count). The Morgan fingerprint density at radius 2 is 1.83 bits per heavy atom. The Morgan fingerprint density at radius 1 is 1.07 bits per heavy atom. The predicted octanol–water partition coefficient (Wildman–Crippen LogP) is 2.81. The van der Waals surface area contributed by atoms with E-state index < -0.39 is 0 Å². The molecule has 1 heterocycles. The summed E-state index contributed by atoms with van der Waals surface area (Å²) in [5.74, 6) is 0.563. The first-order chi connectivity index (χ1) is 13.8. The number of ketones is 1. The fourth-order valence-corrected chi connectivity index (χ4v) is 3.27. The number of carbonyl (C=O) groups excluding carboxylic acids is 3. The molecule has 1 aromatic carbocycles. The summed E-state index contributed by atoms with van der Waals surface area (Å²) in [6, 6.07) is 8.93. The molecule has 0 spiro atoms. The summed E-state index contributed by atoms with van der Waals surface area (Å²) in [6.07, 6.45) is 0.322. The zero-order valence-electron chi connectivity index (χ0n) is 17.1. The molecule has 2 amide bonds. The molecule has 156 valence electrons. The highest BCUT2D eigenvalue weighted by Crippen LogP contribution is 2.28. The van der Waals surface area contributed by atoms with Crippen molar-refractivity contribution in [3.8, 4) is 11.5 Å². The van der Waals surface area contributed by atoms with Crippen LogP contribution in [0.1, 0.15) is 33.0 Å². The lowest BCUT2D eigenvalue weighted by Crippen LogP contribution is -2.27. The third-order valence-electron chi connectivity index (χ3n) is 4.16. The topological polar surface area (TPSA) is 84.9 Å². The van der Waals surface area contributed by atoms with Crippen molar-refractivity contribution in [3.05, 3.63) is 45.6 Å². The van der Waals surface area contributed by atoms with E-state index in [1.807, 2.05) is 13.0 Å². The molecule has 0 aliphatic carbocycles. The fraction of sp³-hybridized carbons (Fsp3) is 0.381. The number of aryl methyl sites for hydroxylation is 1. The van der Waals surface area contributed by atoms with Crippen LogP contribution in [0, 0.1) is 6.92 Å². The largest absolute Gasteiger partial charge is 0.493 e. The molecule has 1 aromatic heterocycles. The van der Waals surface area contributed by atoms with Crippen molar-refractivity contribution in [2.75, 3.05) is 27.8 Å². The van der Waals surface area contributed by atoms with Crippen LogP contribution in [0.5, 0.6) is 11.5 Å². The highest BCUT2D eigenvalue weighted by molar-refractivity contribution is 7.14. The molecule has 0 aliphatic heterocycles. The van der Waals surface area contributed by atoms with Crippen molar-refractivity contribution in [2.45, 2.75) is 26.3 Å². The second kappa shape index (κ2) is 10.6. The molecule has 0 unspecified atom stereocenters. The quantitative estimate of drug-likeness (QED) is 0.600. The summed E-state index contributed by atoms with van der Waals surface area (Å²) in [5.41, 5.74) is 0.821. The van der Waals surface area contributed by atoms with E-state index in [9.17, 15) is 14.4 Å². The second-order valence-electron chi connectivity index (χ2n) is 6.67. The van der Waals surface area contributed by atoms with Crippen molar-refractivity contribution in [1.29, 1.82) is 0 Å². The van der Waals surface area contributed by atoms with Crippen molar-refractivity contribution in [1.82, 2.24) is 10.2 Å². The number of nitrogens with zero attached hydrogens (tertiary/aromatic N) is 1. The molecular weight excluding hydrogens is 392 g/mol. The third-order valence-corrected chi connectivity index (χ3v) is 5.20. The Morgan fingerprint density at radius 3 is 2.45 bits per heavy atom. The Hall–Kier alpha value is -2.87. The van der Waals surface area contributed by atoms with Gasteiger partial charge in [0.15, 0.2) is 23.9 Å². The Bertz CT molecular complexity index is 876. The van der Waals surface area contributed by atoms with E-state index in [0.29, 0.717) is 22.9 Å². The van der Waals surface area contributed by atoms with E-state index in [1.54, 1.807) is 38.4 Å². The van der Waals surface area contributed by atoms with Gasteiger partial charge in [0.1, 0.15) is 0 Å². The van der Waals surface area contributed by atoms with Crippen LogP contribution in [-0.4, -0.2) is 50.3 Å². The van der Waals surface area contributed by atoms with E-state index >= 15 is 0 Å². The van der Waals surface area contributed by atoms with Crippen LogP contribution in [0.2, 0.25) is 0 Å². The predicted molar refractivity (Wildman–Crippen MR) is 112 cm³/mol. The lowest BCUT2D eigenvalue weighted by molar-refractivity contribution is -0.130. The highest BCUT2D eigenvalue weighted by Gasteiger charge is 2.12. The van der Waals surface area contributed by atoms with Gasteiger partial charge in [-0.05, 0) is 36.8 Å². The Kier molecular flexibility index (Phi) is 8.21. The van der Waals surface area contributed by atoms with E-state index in [2.05, 4.69) is 5.32 Å². The summed E-state index contributed by atoms with van der Waals surface area (Å²) in [6.45, 7) is 2.16. The maximum absolute atomic E-state index is 12.1. The fourth-order valence-electron chi connectivity index (χ4n) is 2.43. The number of hydrogen-bond acceptors (Lipinski definition) is 6. The second-order valence-corrected chi connectivity index (χ2v) is 7.96. The highest BCUT2D eigenvalue weighted by atomic mass is 32.1. The lowest BCUT2D eigenvalue weighted by atomic mass is 10.1. The molecule has 0 atom stereocenters. The van der Waals surface area contributed by atoms with Crippen LogP contribution in [0.15, 0.2) is 30.3 Å². The molecule has 0 fully saturated rings. The van der Waals surface area contributed by atoms with Gasteiger partial charge in [0.2, 0.25) is 5.91 Å². The van der Waals surface area contributed by atoms with Gasteiger partial charge in [-0.2, -0.15) is 0 Å². The van der Waals surface area contributed by atoms with Gasteiger partial charge in [-0.15, -0.1) is 11.3 Å². The normalized spacial score (nSPS) is 10.3. The summed E-state index contributed by atoms with van der Waals surface area (Å²) in [5, 5.41) is 2.80. The molecule has 29 heavy (non-hydrogen) atoms. The van der Waals surface area contributed by atoms with Gasteiger partial charge in [0.25, 0.3) is 5.91 Å². The van der Waals surface area contributed by atoms with Gasteiger partial charge in [-0.25, -0.2) is 0 Å². The van der Waals surface area contributed by atoms with Crippen LogP contribution in [0.4, 0.5) is 0 Å². The van der Waals surface area contributed by atoms with Crippen LogP contribution in [-0.2, 0) is 16.1 Å². The summed E-state index contributed by atoms with van der Waals surface area (Å²) in [4.78, 5) is 39.0. The van der Waals surface area contributed by atoms with Crippen molar-refractivity contribution < 1.29 is 23.9 Å². The molecule has 0 saturated carbocycles. The molecule has 0 radical (unpaired) electrons. The van der Waals surface area contributed by atoms with E-state index in [1.165, 1.54) is 23.3 Å². The zero-order chi connectivity index (χ0) is 21.4. The first kappa shape index (κ1) is 22.4. The van der Waals surface area contributed by atoms with Crippen LogP contribution < -0.4 is 14.8 Å². The third kappa shape index (κ3) is 6.90. The lowest BCUT2D eigenvalue weighted by Gasteiger charge is -2.14. The number of thiophene rings is 1. The van der Waals surface area contributed by atoms with Gasteiger partial charge < -0.3 is 19.7 Å². The molecule has 8 heteroatoms. The number of carbonyl (C=O) groups is 3. The van der Waals surface area contributed by atoms with Gasteiger partial charge in [0.05, 0.1) is 12.0 Å². The molecular formula is C21H26N2O5S. The van der Waals surface area contributed by atoms with Gasteiger partial charge >= 0.3 is 0 Å². The number of hydrogen-bond donors (Lipinski definition) is 1. The first-order valence-corrected chi connectivity index (χ1v) is 9.98. The van der Waals surface area contributed by atoms with E-state index in [0.717, 1.165) is 10.4 Å². The smallest absolute Gasteiger partial charge is 0.259 e. The molecule has 7 nitrogen and oxygen atoms in total. The van der Waals surface area contributed by atoms with Crippen LogP contribution in [0.25, 0.3) is 0 Å². The summed E-state index contributed by atoms with van der Waals surface area (Å²) < 4.78 is 10.8. The number of Topliss-reactive ketones (excluding diaryl/α,β-unsaturated/α-hetero) is 1. The van der Waals surface area contributed by atoms with Crippen molar-refractivity contribution >= 4 is 28.9 Å². The van der Waals surface area contributed by atoms with Gasteiger partial charge in [0, 0.05) is 38.4 Å². The SMILES string of the molecule is COc1cc(CNC(=O)CCC(=O)c2ccc(C)s2)ccc1OCC(=O)N(C)C. The van der Waals surface area contributed by atoms with Crippen molar-refractivity contribution in [2.24, 2.45) is 0 Å². The minimum absolute atomic E-state index is 0.0197. The number of nitrogens with one attached hydrogen (secondary N) is 1. The average Bonchev–Trinajstić information content (AvgIpc) is 3.15. The maximum Gasteiger partial charge on any atom is 0.259 e. The molecule has 2 aromatic rings. The van der Waals surface area contributed by atoms with Gasteiger partial charge in [-0.1, -0.05) is 6.07 Å². The standard InChI is InChI=1S/C21H26N2O5S/c1-14-5-9-19(29-14)16(24)7-10-20(25)22-12-15-6-8-17(18(11-15)27-4)28-13-21(26)23(2)3/h5-6,8-9,11H,7,10,12-13H2,1-4H3,(H,22,25). The monoisotopic (exact) mass is 418 g/mol. The minimum atomic E-state index is -0.192. The summed E-state index contributed by atoms with van der Waals surface area (Å²) in [7, 11) is 4.82. The van der Waals surface area contributed by atoms with Crippen LogP contribution in [0.3, 0.4) is 0 Å². The number of likely N-dealkylation sites (N-methyl/N-ethyl adjacent to an activating group) is 1. The van der Waals surface area contributed by atoms with Gasteiger partial charge in [-0.3, -0.25) is 14.4 Å². The zero-order valence-corrected chi connectivity index (χ0v) is 17.9. The number of rotatable bonds is 10. The first-order valence-electron chi connectivity index (χ1n) is 9.16. The van der Waals surface area contributed by atoms with E-state index in [-0.39, 0.29) is 37.0 Å². The Balaban J connectivity index is 1.84. The number of methoxy groups -OCH3 is 1.